The highest BCUT2D eigenvalue weighted by atomic mass is 19.1. The Hall–Kier alpha value is -4.07. The molecule has 4 aromatic rings. The molecular weight excluding hydrogens is 586 g/mol. The van der Waals surface area contributed by atoms with Crippen LogP contribution in [-0.2, 0) is 0 Å². The second-order valence-electron chi connectivity index (χ2n) is 12.2. The van der Waals surface area contributed by atoms with Crippen LogP contribution in [0.3, 0.4) is 0 Å². The topological polar surface area (TPSA) is 84.4 Å². The van der Waals surface area contributed by atoms with Crippen LogP contribution in [0, 0.1) is 29.9 Å². The summed E-state index contributed by atoms with van der Waals surface area (Å²) in [6.07, 6.45) is 10.9. The molecule has 0 amide bonds. The van der Waals surface area contributed by atoms with Gasteiger partial charge in [-0.05, 0) is 69.1 Å². The molecule has 2 aromatic heterocycles. The van der Waals surface area contributed by atoms with Crippen LogP contribution in [0.1, 0.15) is 58.4 Å². The van der Waals surface area contributed by atoms with E-state index in [-0.39, 0.29) is 34.2 Å². The van der Waals surface area contributed by atoms with Crippen LogP contribution in [0.2, 0.25) is 0 Å². The summed E-state index contributed by atoms with van der Waals surface area (Å²) >= 11 is 0. The third kappa shape index (κ3) is 5.94. The zero-order valence-corrected chi connectivity index (χ0v) is 26.9. The third-order valence-corrected chi connectivity index (χ3v) is 9.34. The van der Waals surface area contributed by atoms with E-state index in [1.165, 1.54) is 6.07 Å². The Balaban J connectivity index is 0.00000182. The van der Waals surface area contributed by atoms with Gasteiger partial charge in [0.25, 0.3) is 0 Å². The van der Waals surface area contributed by atoms with Gasteiger partial charge in [-0.1, -0.05) is 51.0 Å². The third-order valence-electron chi connectivity index (χ3n) is 9.34. The van der Waals surface area contributed by atoms with Gasteiger partial charge in [-0.25, -0.2) is 13.8 Å². The first kappa shape index (κ1) is 31.9. The smallest absolute Gasteiger partial charge is 0.319 e. The first-order valence-corrected chi connectivity index (χ1v) is 16.5. The van der Waals surface area contributed by atoms with Crippen molar-refractivity contribution in [3.05, 3.63) is 47.5 Å². The number of halogens is 2. The molecule has 8 nitrogen and oxygen atoms in total. The number of fused-ring (bicyclic) bond motifs is 2. The molecule has 0 spiro atoms. The molecule has 0 radical (unpaired) electrons. The van der Waals surface area contributed by atoms with Gasteiger partial charge < -0.3 is 20.1 Å². The molecule has 2 fully saturated rings. The fourth-order valence-corrected chi connectivity index (χ4v) is 7.02. The fraction of sp³-hybridized carbons (Fsp3) is 0.472. The van der Waals surface area contributed by atoms with Gasteiger partial charge in [0.2, 0.25) is 5.88 Å². The molecule has 1 unspecified atom stereocenters. The number of benzene rings is 2. The summed E-state index contributed by atoms with van der Waals surface area (Å²) in [6, 6.07) is 8.33. The van der Waals surface area contributed by atoms with Crippen LogP contribution >= 0.6 is 0 Å². The fourth-order valence-electron chi connectivity index (χ4n) is 7.02. The minimum atomic E-state index is -0.678. The molecule has 1 atom stereocenters. The van der Waals surface area contributed by atoms with Gasteiger partial charge in [0.15, 0.2) is 5.82 Å². The van der Waals surface area contributed by atoms with Gasteiger partial charge in [-0.2, -0.15) is 9.97 Å². The van der Waals surface area contributed by atoms with Crippen molar-refractivity contribution >= 4 is 27.5 Å². The SMILES string of the molecule is C#Cc1c(F)ccc2cccc(-c3nc4c5c(nc(OCC67CCCN6CCC7)nc5c3F)NCCNCC(C)CCO4)c12.CC. The summed E-state index contributed by atoms with van der Waals surface area (Å²) in [4.78, 5) is 16.6. The normalized spacial score (nSPS) is 19.5. The van der Waals surface area contributed by atoms with Crippen molar-refractivity contribution in [1.29, 1.82) is 0 Å². The van der Waals surface area contributed by atoms with Crippen LogP contribution in [0.15, 0.2) is 30.3 Å². The van der Waals surface area contributed by atoms with Crippen molar-refractivity contribution in [3.8, 4) is 35.5 Å². The van der Waals surface area contributed by atoms with E-state index in [1.54, 1.807) is 18.2 Å². The van der Waals surface area contributed by atoms with Crippen LogP contribution in [0.4, 0.5) is 14.6 Å². The molecule has 2 N–H and O–H groups in total. The van der Waals surface area contributed by atoms with Crippen LogP contribution < -0.4 is 20.1 Å². The van der Waals surface area contributed by atoms with Crippen molar-refractivity contribution < 1.29 is 18.3 Å². The molecule has 242 valence electrons. The van der Waals surface area contributed by atoms with Crippen molar-refractivity contribution in [1.82, 2.24) is 25.2 Å². The predicted octanol–water partition coefficient (Wildman–Crippen LogP) is 6.56. The molecule has 0 bridgehead atoms. The highest BCUT2D eigenvalue weighted by Gasteiger charge is 2.45. The van der Waals surface area contributed by atoms with Gasteiger partial charge >= 0.3 is 6.01 Å². The number of nitrogens with one attached hydrogen (secondary N) is 2. The quantitative estimate of drug-likeness (QED) is 0.246. The maximum absolute atomic E-state index is 16.8. The predicted molar refractivity (Wildman–Crippen MR) is 178 cm³/mol. The standard InChI is InChI=1S/C34H36F2N6O2.C2H6/c1-3-23-25(35)10-9-22-7-4-8-24(26(22)23)29-28(36)30-27-31(38-15-14-37-19-21(2)11-18-43-32(27)39-29)41-33(40-30)44-20-34-12-5-16-42(34)17-6-13-34;1-2/h1,4,7-10,21,37H,5-6,11-20H2,2H3,(H,38,40,41);1-2H3. The number of pyridine rings is 1. The highest BCUT2D eigenvalue weighted by molar-refractivity contribution is 6.03. The van der Waals surface area contributed by atoms with Gasteiger partial charge in [0, 0.05) is 24.0 Å². The summed E-state index contributed by atoms with van der Waals surface area (Å²) in [5.74, 6) is 2.18. The Morgan fingerprint density at radius 2 is 1.87 bits per heavy atom. The van der Waals surface area contributed by atoms with E-state index in [0.717, 1.165) is 51.7 Å². The molecule has 5 heterocycles. The van der Waals surface area contributed by atoms with E-state index in [4.69, 9.17) is 25.9 Å². The molecule has 10 heteroatoms. The van der Waals surface area contributed by atoms with Gasteiger partial charge in [0.1, 0.15) is 34.8 Å². The largest absolute Gasteiger partial charge is 0.477 e. The lowest BCUT2D eigenvalue weighted by atomic mass is 9.95. The van der Waals surface area contributed by atoms with E-state index in [0.29, 0.717) is 59.8 Å². The zero-order chi connectivity index (χ0) is 32.3. The summed E-state index contributed by atoms with van der Waals surface area (Å²) in [5.41, 5.74) is 0.391. The van der Waals surface area contributed by atoms with Crippen LogP contribution in [-0.4, -0.2) is 71.3 Å². The second-order valence-corrected chi connectivity index (χ2v) is 12.2. The maximum atomic E-state index is 16.8. The Morgan fingerprint density at radius 1 is 1.07 bits per heavy atom. The minimum Gasteiger partial charge on any atom is -0.477 e. The monoisotopic (exact) mass is 628 g/mol. The first-order chi connectivity index (χ1) is 22.5. The summed E-state index contributed by atoms with van der Waals surface area (Å²) < 4.78 is 44.3. The Labute approximate surface area is 269 Å². The number of nitrogens with zero attached hydrogens (tertiary/aromatic N) is 4. The molecule has 3 aliphatic rings. The Kier molecular flexibility index (Phi) is 9.52. The average molecular weight is 629 g/mol. The van der Waals surface area contributed by atoms with Crippen LogP contribution in [0.25, 0.3) is 32.9 Å². The number of terminal acetylenes is 1. The lowest BCUT2D eigenvalue weighted by molar-refractivity contribution is 0.108. The summed E-state index contributed by atoms with van der Waals surface area (Å²) in [6.45, 7) is 11.2. The van der Waals surface area contributed by atoms with E-state index < -0.39 is 11.6 Å². The molecule has 7 rings (SSSR count). The molecule has 0 saturated carbocycles. The molecule has 0 aliphatic carbocycles. The number of rotatable bonds is 4. The Morgan fingerprint density at radius 3 is 2.65 bits per heavy atom. The van der Waals surface area contributed by atoms with Gasteiger partial charge in [-0.15, -0.1) is 6.42 Å². The van der Waals surface area contributed by atoms with E-state index in [2.05, 4.69) is 33.4 Å². The second kappa shape index (κ2) is 13.7. The first-order valence-electron chi connectivity index (χ1n) is 16.5. The van der Waals surface area contributed by atoms with E-state index in [9.17, 15) is 4.39 Å². The number of anilines is 1. The minimum absolute atomic E-state index is 0.0195. The number of hydrogen-bond donors (Lipinski definition) is 2. The Bertz CT molecular complexity index is 1760. The van der Waals surface area contributed by atoms with Crippen molar-refractivity contribution in [3.63, 3.8) is 0 Å². The van der Waals surface area contributed by atoms with Crippen LogP contribution in [0.5, 0.6) is 11.9 Å². The summed E-state index contributed by atoms with van der Waals surface area (Å²) in [7, 11) is 0. The van der Waals surface area contributed by atoms with Gasteiger partial charge in [-0.3, -0.25) is 4.90 Å². The maximum Gasteiger partial charge on any atom is 0.319 e. The van der Waals surface area contributed by atoms with Gasteiger partial charge in [0.05, 0.1) is 17.7 Å². The zero-order valence-electron chi connectivity index (χ0n) is 26.9. The molecule has 46 heavy (non-hydrogen) atoms. The van der Waals surface area contributed by atoms with E-state index in [1.807, 2.05) is 19.9 Å². The average Bonchev–Trinajstić information content (AvgIpc) is 3.65. The van der Waals surface area contributed by atoms with E-state index >= 15 is 4.39 Å². The van der Waals surface area contributed by atoms with Crippen molar-refractivity contribution in [2.75, 3.05) is 51.3 Å². The molecule has 2 aromatic carbocycles. The summed E-state index contributed by atoms with van der Waals surface area (Å²) in [5, 5.41) is 8.23. The highest BCUT2D eigenvalue weighted by Crippen LogP contribution is 2.41. The molecular formula is C36H42F2N6O2. The molecule has 2 saturated heterocycles. The number of ether oxygens (including phenoxy) is 2. The lowest BCUT2D eigenvalue weighted by Gasteiger charge is -2.31. The lowest BCUT2D eigenvalue weighted by Crippen LogP contribution is -2.43. The van der Waals surface area contributed by atoms with Crippen molar-refractivity contribution in [2.45, 2.75) is 58.4 Å². The van der Waals surface area contributed by atoms with Crippen molar-refractivity contribution in [2.24, 2.45) is 5.92 Å². The molecule has 3 aliphatic heterocycles. The number of aromatic nitrogens is 3. The number of hydrogen-bond acceptors (Lipinski definition) is 8.